The van der Waals surface area contributed by atoms with Crippen molar-refractivity contribution in [3.8, 4) is 0 Å². The lowest BCUT2D eigenvalue weighted by molar-refractivity contribution is -0.132. The SMILES string of the molecule is CCO[C@H](CC(=O)NO)C(Cc1ccc(Cl)cc1)c1ccc(N2CCOCC2)cc1.CCO[C@H](CC(C)=O)C(Cc1ccc(Cl)cc1)c1ccc(Br)cc1.CCO[C@H](CC(C)=O)C(Cc1ccc(Cl)cc1)c1ccc(N2CCOCC2)cc1. The first-order valence-corrected chi connectivity index (χ1v) is 30.7. The van der Waals surface area contributed by atoms with E-state index in [2.05, 4.69) is 86.4 Å². The van der Waals surface area contributed by atoms with Crippen LogP contribution in [0.25, 0.3) is 0 Å². The van der Waals surface area contributed by atoms with E-state index in [0.29, 0.717) is 44.1 Å². The molecule has 2 heterocycles. The van der Waals surface area contributed by atoms with Gasteiger partial charge in [-0.25, -0.2) is 5.48 Å². The predicted octanol–water partition coefficient (Wildman–Crippen LogP) is 14.5. The summed E-state index contributed by atoms with van der Waals surface area (Å²) in [6, 6.07) is 48.9. The second-order valence-corrected chi connectivity index (χ2v) is 23.0. The van der Waals surface area contributed by atoms with Crippen molar-refractivity contribution in [1.82, 2.24) is 5.48 Å². The summed E-state index contributed by atoms with van der Waals surface area (Å²) in [6.07, 6.45) is 2.55. The van der Waals surface area contributed by atoms with Crippen molar-refractivity contribution in [3.05, 3.63) is 199 Å². The maximum atomic E-state index is 11.9. The highest BCUT2D eigenvalue weighted by molar-refractivity contribution is 9.10. The summed E-state index contributed by atoms with van der Waals surface area (Å²) in [5.74, 6) is -0.00953. The van der Waals surface area contributed by atoms with Gasteiger partial charge in [0.15, 0.2) is 0 Å². The second-order valence-electron chi connectivity index (χ2n) is 20.8. The minimum Gasteiger partial charge on any atom is -0.378 e. The zero-order valence-electron chi connectivity index (χ0n) is 48.5. The van der Waals surface area contributed by atoms with Crippen LogP contribution in [-0.4, -0.2) is 113 Å². The topological polar surface area (TPSA) is 136 Å². The van der Waals surface area contributed by atoms with Crippen LogP contribution in [0.3, 0.4) is 0 Å². The number of anilines is 2. The Kier molecular flexibility index (Phi) is 29.0. The van der Waals surface area contributed by atoms with Gasteiger partial charge in [0.05, 0.1) is 51.2 Å². The van der Waals surface area contributed by atoms with E-state index in [-0.39, 0.29) is 54.1 Å². The minimum atomic E-state index is -0.459. The molecule has 3 unspecified atom stereocenters. The number of Topliss-reactive ketones (excluding diaryl/α,β-unsaturated/α-hetero) is 2. The number of morpholine rings is 2. The average Bonchev–Trinajstić information content (AvgIpc) is 3.50. The molecule has 2 saturated heterocycles. The molecule has 83 heavy (non-hydrogen) atoms. The molecule has 16 heteroatoms. The van der Waals surface area contributed by atoms with Gasteiger partial charge >= 0.3 is 0 Å². The van der Waals surface area contributed by atoms with Crippen LogP contribution in [0, 0.1) is 0 Å². The summed E-state index contributed by atoms with van der Waals surface area (Å²) >= 11 is 21.6. The number of nitrogens with one attached hydrogen (secondary N) is 1. The highest BCUT2D eigenvalue weighted by atomic mass is 79.9. The number of amides is 1. The van der Waals surface area contributed by atoms with Crippen molar-refractivity contribution in [3.63, 3.8) is 0 Å². The first-order chi connectivity index (χ1) is 40.2. The van der Waals surface area contributed by atoms with Gasteiger partial charge in [-0.2, -0.15) is 0 Å². The molecule has 12 nitrogen and oxygen atoms in total. The first kappa shape index (κ1) is 67.0. The molecule has 1 amide bonds. The molecule has 446 valence electrons. The lowest BCUT2D eigenvalue weighted by Gasteiger charge is -2.30. The van der Waals surface area contributed by atoms with E-state index in [0.717, 1.165) is 96.8 Å². The molecule has 0 radical (unpaired) electrons. The molecule has 2 fully saturated rings. The minimum absolute atomic E-state index is 0.0536. The van der Waals surface area contributed by atoms with Crippen LogP contribution in [0.2, 0.25) is 15.1 Å². The van der Waals surface area contributed by atoms with Crippen molar-refractivity contribution in [2.45, 2.75) is 109 Å². The lowest BCUT2D eigenvalue weighted by Crippen LogP contribution is -2.36. The number of hydroxylamine groups is 1. The van der Waals surface area contributed by atoms with Crippen molar-refractivity contribution in [1.29, 1.82) is 0 Å². The highest BCUT2D eigenvalue weighted by Gasteiger charge is 2.29. The number of carbonyl (C=O) groups excluding carboxylic acids is 3. The fourth-order valence-electron chi connectivity index (χ4n) is 10.6. The Morgan fingerprint density at radius 1 is 0.482 bits per heavy atom. The normalized spacial score (nSPS) is 15.5. The monoisotopic (exact) mass is 1260 g/mol. The van der Waals surface area contributed by atoms with Crippen molar-refractivity contribution < 1.29 is 43.3 Å². The molecular weight excluding hydrogens is 1180 g/mol. The maximum absolute atomic E-state index is 11.9. The number of rotatable bonds is 26. The van der Waals surface area contributed by atoms with E-state index in [1.807, 2.05) is 106 Å². The summed E-state index contributed by atoms with van der Waals surface area (Å²) in [6.45, 7) is 17.4. The number of ether oxygens (including phenoxy) is 5. The van der Waals surface area contributed by atoms with Gasteiger partial charge in [-0.05, 0) is 160 Å². The summed E-state index contributed by atoms with van der Waals surface area (Å²) in [5, 5.41) is 11.2. The third-order valence-electron chi connectivity index (χ3n) is 14.8. The third kappa shape index (κ3) is 22.7. The summed E-state index contributed by atoms with van der Waals surface area (Å²) in [7, 11) is 0. The zero-order valence-corrected chi connectivity index (χ0v) is 52.3. The van der Waals surface area contributed by atoms with Crippen LogP contribution in [0.4, 0.5) is 11.4 Å². The van der Waals surface area contributed by atoms with E-state index in [1.54, 1.807) is 19.3 Å². The fraction of sp³-hybridized carbons (Fsp3) is 0.418. The summed E-state index contributed by atoms with van der Waals surface area (Å²) in [5.41, 5.74) is 11.0. The molecular formula is C67H81BrCl3N3O9. The smallest absolute Gasteiger partial charge is 0.245 e. The number of halogens is 4. The third-order valence-corrected chi connectivity index (χ3v) is 16.1. The Balaban J connectivity index is 0.000000201. The Morgan fingerprint density at radius 3 is 1.05 bits per heavy atom. The van der Waals surface area contributed by atoms with Gasteiger partial charge in [0.2, 0.25) is 5.91 Å². The van der Waals surface area contributed by atoms with Gasteiger partial charge in [-0.3, -0.25) is 19.6 Å². The Labute approximate surface area is 515 Å². The van der Waals surface area contributed by atoms with Gasteiger partial charge in [0.25, 0.3) is 0 Å². The van der Waals surface area contributed by atoms with Crippen LogP contribution in [0.15, 0.2) is 150 Å². The van der Waals surface area contributed by atoms with Crippen molar-refractivity contribution >= 4 is 79.6 Å². The van der Waals surface area contributed by atoms with E-state index in [1.165, 1.54) is 27.9 Å². The van der Waals surface area contributed by atoms with Crippen molar-refractivity contribution in [2.75, 3.05) is 82.2 Å². The molecule has 0 aliphatic carbocycles. The first-order valence-electron chi connectivity index (χ1n) is 28.8. The van der Waals surface area contributed by atoms with E-state index in [9.17, 15) is 14.4 Å². The Morgan fingerprint density at radius 2 is 0.771 bits per heavy atom. The molecule has 0 bridgehead atoms. The van der Waals surface area contributed by atoms with Gasteiger partial charge in [0, 0.05) is 108 Å². The molecule has 6 atom stereocenters. The van der Waals surface area contributed by atoms with Crippen LogP contribution in [0.1, 0.15) is 105 Å². The summed E-state index contributed by atoms with van der Waals surface area (Å²) < 4.78 is 29.9. The van der Waals surface area contributed by atoms with Gasteiger partial charge in [-0.15, -0.1) is 0 Å². The molecule has 0 spiro atoms. The van der Waals surface area contributed by atoms with Gasteiger partial charge < -0.3 is 33.5 Å². The number of benzene rings is 6. The molecule has 2 aliphatic heterocycles. The van der Waals surface area contributed by atoms with Crippen molar-refractivity contribution in [2.24, 2.45) is 0 Å². The molecule has 8 rings (SSSR count). The molecule has 2 aliphatic rings. The highest BCUT2D eigenvalue weighted by Crippen LogP contribution is 2.34. The average molecular weight is 1260 g/mol. The maximum Gasteiger partial charge on any atom is 0.245 e. The molecule has 2 N–H and O–H groups in total. The number of hydrogen-bond acceptors (Lipinski definition) is 11. The van der Waals surface area contributed by atoms with Crippen LogP contribution in [-0.2, 0) is 57.3 Å². The molecule has 0 aromatic heterocycles. The van der Waals surface area contributed by atoms with E-state index in [4.69, 9.17) is 63.7 Å². The van der Waals surface area contributed by atoms with E-state index >= 15 is 0 Å². The predicted molar refractivity (Wildman–Crippen MR) is 338 cm³/mol. The van der Waals surface area contributed by atoms with Gasteiger partial charge in [0.1, 0.15) is 11.6 Å². The standard InChI is InChI=1S/C24H30ClNO3.C23H29ClN2O4.C20H22BrClO2/c1-3-29-24(16-18(2)27)23(17-19-4-8-21(25)9-5-19)20-6-10-22(11-7-20)26-12-14-28-15-13-26;1-2-30-22(16-23(27)25-28)21(15-17-3-7-19(24)8-4-17)18-5-9-20(10-6-18)26-11-13-29-14-12-26;1-3-24-20(12-14(2)23)19(16-6-8-17(21)9-7-16)13-15-4-10-18(22)11-5-15/h4-11,23-24H,3,12-17H2,1-2H3;3-10,21-22,28H,2,11-16H2,1H3,(H,25,27);4-11,19-20H,3,12-13H2,1-2H3/t23?,24-;21?,22-;19?,20-/m111/s1. The zero-order chi connectivity index (χ0) is 59.5. The number of hydrogen-bond donors (Lipinski definition) is 2. The largest absolute Gasteiger partial charge is 0.378 e. The Hall–Kier alpha value is -5.16. The van der Waals surface area contributed by atoms with Gasteiger partial charge in [-0.1, -0.05) is 124 Å². The second kappa shape index (κ2) is 36.0. The quantitative estimate of drug-likeness (QED) is 0.0397. The number of ketones is 2. The lowest BCUT2D eigenvalue weighted by atomic mass is 9.85. The molecule has 6 aromatic rings. The van der Waals surface area contributed by atoms with Crippen LogP contribution in [0.5, 0.6) is 0 Å². The van der Waals surface area contributed by atoms with Crippen LogP contribution < -0.4 is 15.3 Å². The number of nitrogens with zero attached hydrogens (tertiary/aromatic N) is 2. The molecule has 6 aromatic carbocycles. The molecule has 0 saturated carbocycles. The fourth-order valence-corrected chi connectivity index (χ4v) is 11.3. The number of carbonyl (C=O) groups is 3. The van der Waals surface area contributed by atoms with E-state index < -0.39 is 5.91 Å². The van der Waals surface area contributed by atoms with Crippen LogP contribution >= 0.6 is 50.7 Å². The Bertz CT molecular complexity index is 2840. The summed E-state index contributed by atoms with van der Waals surface area (Å²) in [4.78, 5) is 40.2.